The average molecular weight is 360 g/mol. The lowest BCUT2D eigenvalue weighted by molar-refractivity contribution is -0.158. The summed E-state index contributed by atoms with van der Waals surface area (Å²) in [6.07, 6.45) is 1.73. The second-order valence-corrected chi connectivity index (χ2v) is 6.53. The van der Waals surface area contributed by atoms with Gasteiger partial charge in [0, 0.05) is 17.1 Å². The quantitative estimate of drug-likeness (QED) is 0.627. The van der Waals surface area contributed by atoms with Crippen LogP contribution in [0.5, 0.6) is 5.75 Å². The Kier molecular flexibility index (Phi) is 5.09. The number of hydrogen-bond donors (Lipinski definition) is 0. The van der Waals surface area contributed by atoms with E-state index in [4.69, 9.17) is 14.7 Å². The molecule has 1 aromatic heterocycles. The van der Waals surface area contributed by atoms with Crippen LogP contribution < -0.4 is 4.74 Å². The highest BCUT2D eigenvalue weighted by Gasteiger charge is 2.32. The number of carbonyl (C=O) groups is 1. The molecule has 1 heterocycles. The predicted octanol–water partition coefficient (Wildman–Crippen LogP) is 4.49. The molecule has 0 saturated carbocycles. The molecule has 0 unspecified atom stereocenters. The first-order valence-corrected chi connectivity index (χ1v) is 8.71. The van der Waals surface area contributed by atoms with Crippen LogP contribution in [0.3, 0.4) is 0 Å². The Balaban J connectivity index is 2.15. The van der Waals surface area contributed by atoms with Crippen LogP contribution in [0.1, 0.15) is 26.3 Å². The lowest BCUT2D eigenvalue weighted by Crippen LogP contribution is -2.39. The van der Waals surface area contributed by atoms with Crippen molar-refractivity contribution < 1.29 is 14.3 Å². The van der Waals surface area contributed by atoms with Crippen molar-refractivity contribution in [1.29, 1.82) is 5.26 Å². The minimum atomic E-state index is -1.15. The number of nitriles is 1. The summed E-state index contributed by atoms with van der Waals surface area (Å²) < 4.78 is 11.2. The fraction of sp³-hybridized carbons (Fsp3) is 0.227. The van der Waals surface area contributed by atoms with Gasteiger partial charge in [-0.1, -0.05) is 18.2 Å². The number of aromatic nitrogens is 1. The molecule has 0 aliphatic rings. The Hall–Kier alpha value is -3.39. The van der Waals surface area contributed by atoms with E-state index in [0.717, 1.165) is 22.0 Å². The van der Waals surface area contributed by atoms with Crippen LogP contribution in [0.15, 0.2) is 54.7 Å². The first-order valence-electron chi connectivity index (χ1n) is 8.71. The van der Waals surface area contributed by atoms with Gasteiger partial charge in [-0.05, 0) is 56.7 Å². The highest BCUT2D eigenvalue weighted by atomic mass is 16.6. The topological polar surface area (TPSA) is 72.2 Å². The third-order valence-corrected chi connectivity index (χ3v) is 4.18. The van der Waals surface area contributed by atoms with Gasteiger partial charge in [0.25, 0.3) is 0 Å². The molecule has 0 amide bonds. The standard InChI is InChI=1S/C22H20N2O3/c1-4-26-21(25)22(2,3)27-19-12-11-18-17(6-5-13-24-18)20(19)16-9-7-15(14-23)8-10-16/h5-13H,4H2,1-3H3. The van der Waals surface area contributed by atoms with Gasteiger partial charge in [-0.15, -0.1) is 0 Å². The van der Waals surface area contributed by atoms with E-state index in [2.05, 4.69) is 11.1 Å². The number of nitrogens with zero attached hydrogens (tertiary/aromatic N) is 2. The van der Waals surface area contributed by atoms with Crippen LogP contribution in [-0.2, 0) is 9.53 Å². The molecule has 5 nitrogen and oxygen atoms in total. The number of ether oxygens (including phenoxy) is 2. The van der Waals surface area contributed by atoms with Crippen molar-refractivity contribution in [2.75, 3.05) is 6.61 Å². The number of carbonyl (C=O) groups excluding carboxylic acids is 1. The van der Waals surface area contributed by atoms with Crippen LogP contribution in [0.25, 0.3) is 22.0 Å². The molecule has 0 spiro atoms. The van der Waals surface area contributed by atoms with Crippen LogP contribution in [0.2, 0.25) is 0 Å². The van der Waals surface area contributed by atoms with Crippen LogP contribution in [0.4, 0.5) is 0 Å². The van der Waals surface area contributed by atoms with Crippen molar-refractivity contribution in [3.8, 4) is 22.9 Å². The van der Waals surface area contributed by atoms with E-state index in [0.29, 0.717) is 11.3 Å². The van der Waals surface area contributed by atoms with Crippen molar-refractivity contribution in [3.05, 3.63) is 60.3 Å². The molecule has 0 N–H and O–H groups in total. The Labute approximate surface area is 158 Å². The van der Waals surface area contributed by atoms with Gasteiger partial charge in [0.15, 0.2) is 5.60 Å². The highest BCUT2D eigenvalue weighted by molar-refractivity contribution is 5.98. The van der Waals surface area contributed by atoms with E-state index in [1.165, 1.54) is 0 Å². The molecule has 3 rings (SSSR count). The Morgan fingerprint density at radius 2 is 1.89 bits per heavy atom. The van der Waals surface area contributed by atoms with Gasteiger partial charge in [-0.3, -0.25) is 4.98 Å². The largest absolute Gasteiger partial charge is 0.475 e. The van der Waals surface area contributed by atoms with Crippen molar-refractivity contribution >= 4 is 16.9 Å². The lowest BCUT2D eigenvalue weighted by Gasteiger charge is -2.26. The van der Waals surface area contributed by atoms with Crippen LogP contribution in [0, 0.1) is 11.3 Å². The third-order valence-electron chi connectivity index (χ3n) is 4.18. The van der Waals surface area contributed by atoms with Crippen molar-refractivity contribution in [2.24, 2.45) is 0 Å². The normalized spacial score (nSPS) is 11.0. The zero-order valence-electron chi connectivity index (χ0n) is 15.5. The molecular formula is C22H20N2O3. The number of fused-ring (bicyclic) bond motifs is 1. The maximum Gasteiger partial charge on any atom is 0.349 e. The van der Waals surface area contributed by atoms with Gasteiger partial charge in [-0.25, -0.2) is 4.79 Å². The number of pyridine rings is 1. The van der Waals surface area contributed by atoms with Crippen LogP contribution >= 0.6 is 0 Å². The van der Waals surface area contributed by atoms with Gasteiger partial charge in [-0.2, -0.15) is 5.26 Å². The summed E-state index contributed by atoms with van der Waals surface area (Å²) in [7, 11) is 0. The van der Waals surface area contributed by atoms with E-state index in [9.17, 15) is 4.79 Å². The van der Waals surface area contributed by atoms with Gasteiger partial charge in [0.1, 0.15) is 5.75 Å². The fourth-order valence-electron chi connectivity index (χ4n) is 2.85. The molecule has 0 radical (unpaired) electrons. The van der Waals surface area contributed by atoms with E-state index in [-0.39, 0.29) is 6.61 Å². The van der Waals surface area contributed by atoms with Crippen LogP contribution in [-0.4, -0.2) is 23.2 Å². The van der Waals surface area contributed by atoms with Gasteiger partial charge in [0.2, 0.25) is 0 Å². The summed E-state index contributed by atoms with van der Waals surface area (Å²) in [6.45, 7) is 5.41. The zero-order valence-corrected chi connectivity index (χ0v) is 15.5. The molecule has 0 aliphatic heterocycles. The fourth-order valence-corrected chi connectivity index (χ4v) is 2.85. The number of esters is 1. The molecule has 0 aliphatic carbocycles. The Bertz CT molecular complexity index is 1020. The Morgan fingerprint density at radius 3 is 2.56 bits per heavy atom. The molecule has 27 heavy (non-hydrogen) atoms. The van der Waals surface area contributed by atoms with E-state index < -0.39 is 11.6 Å². The first-order chi connectivity index (χ1) is 13.0. The maximum absolute atomic E-state index is 12.3. The van der Waals surface area contributed by atoms with Crippen molar-refractivity contribution in [2.45, 2.75) is 26.4 Å². The zero-order chi connectivity index (χ0) is 19.4. The Morgan fingerprint density at radius 1 is 1.15 bits per heavy atom. The molecule has 0 atom stereocenters. The monoisotopic (exact) mass is 360 g/mol. The summed E-state index contributed by atoms with van der Waals surface area (Å²) in [5.41, 5.74) is 1.95. The van der Waals surface area contributed by atoms with E-state index in [1.54, 1.807) is 39.1 Å². The smallest absolute Gasteiger partial charge is 0.349 e. The lowest BCUT2D eigenvalue weighted by atomic mass is 9.98. The second kappa shape index (κ2) is 7.46. The average Bonchev–Trinajstić information content (AvgIpc) is 2.68. The number of rotatable bonds is 5. The number of hydrogen-bond acceptors (Lipinski definition) is 5. The minimum Gasteiger partial charge on any atom is -0.475 e. The highest BCUT2D eigenvalue weighted by Crippen LogP contribution is 2.38. The molecular weight excluding hydrogens is 340 g/mol. The van der Waals surface area contributed by atoms with E-state index in [1.807, 2.05) is 36.4 Å². The molecule has 2 aromatic carbocycles. The minimum absolute atomic E-state index is 0.287. The van der Waals surface area contributed by atoms with E-state index >= 15 is 0 Å². The van der Waals surface area contributed by atoms with Gasteiger partial charge in [0.05, 0.1) is 23.8 Å². The SMILES string of the molecule is CCOC(=O)C(C)(C)Oc1ccc2ncccc2c1-c1ccc(C#N)cc1. The van der Waals surface area contributed by atoms with Crippen molar-refractivity contribution in [3.63, 3.8) is 0 Å². The second-order valence-electron chi connectivity index (χ2n) is 6.53. The van der Waals surface area contributed by atoms with Gasteiger partial charge < -0.3 is 9.47 Å². The summed E-state index contributed by atoms with van der Waals surface area (Å²) in [5, 5.41) is 9.96. The van der Waals surface area contributed by atoms with Gasteiger partial charge >= 0.3 is 5.97 Å². The molecule has 5 heteroatoms. The summed E-state index contributed by atoms with van der Waals surface area (Å²) in [5.74, 6) is 0.125. The molecule has 3 aromatic rings. The first kappa shape index (κ1) is 18.4. The van der Waals surface area contributed by atoms with Crippen molar-refractivity contribution in [1.82, 2.24) is 4.98 Å². The molecule has 0 bridgehead atoms. The predicted molar refractivity (Wildman–Crippen MR) is 103 cm³/mol. The third kappa shape index (κ3) is 3.75. The summed E-state index contributed by atoms with van der Waals surface area (Å²) in [4.78, 5) is 16.7. The summed E-state index contributed by atoms with van der Waals surface area (Å²) in [6, 6.07) is 16.8. The molecule has 0 fully saturated rings. The maximum atomic E-state index is 12.3. The summed E-state index contributed by atoms with van der Waals surface area (Å²) >= 11 is 0. The molecule has 136 valence electrons. The number of benzene rings is 2. The molecule has 0 saturated heterocycles.